The number of nitrogens with one attached hydrogen (secondary N) is 1. The molecule has 6 heteroatoms. The van der Waals surface area contributed by atoms with E-state index in [4.69, 9.17) is 5.11 Å². The van der Waals surface area contributed by atoms with Crippen LogP contribution in [0.1, 0.15) is 39.8 Å². The van der Waals surface area contributed by atoms with E-state index in [2.05, 4.69) is 47.4 Å². The topological polar surface area (TPSA) is 80.0 Å². The molecule has 1 atom stereocenters. The van der Waals surface area contributed by atoms with Gasteiger partial charge in [0.25, 0.3) is 5.82 Å². The molecule has 0 bridgehead atoms. The number of aryl methyl sites for hydroxylation is 2. The Labute approximate surface area is 116 Å². The number of hydrogen-bond acceptors (Lipinski definition) is 4. The van der Waals surface area contributed by atoms with Crippen molar-refractivity contribution in [1.82, 2.24) is 14.8 Å². The number of benzene rings is 1. The molecule has 20 heavy (non-hydrogen) atoms. The molecule has 1 aromatic heterocycles. The van der Waals surface area contributed by atoms with E-state index in [9.17, 15) is 4.79 Å². The molecule has 1 unspecified atom stereocenters. The van der Waals surface area contributed by atoms with Crippen LogP contribution in [0.3, 0.4) is 0 Å². The monoisotopic (exact) mass is 272 g/mol. The van der Waals surface area contributed by atoms with Crippen molar-refractivity contribution in [3.63, 3.8) is 0 Å². The highest BCUT2D eigenvalue weighted by molar-refractivity contribution is 5.83. The van der Waals surface area contributed by atoms with Crippen molar-refractivity contribution < 1.29 is 9.90 Å². The summed E-state index contributed by atoms with van der Waals surface area (Å²) in [7, 11) is 0. The van der Waals surface area contributed by atoms with Crippen LogP contribution >= 0.6 is 0 Å². The SMILES string of the molecule is Cc1ccc(C2CCNc3nc(C(=O)O)nn32)c(C)c1. The summed E-state index contributed by atoms with van der Waals surface area (Å²) in [5, 5.41) is 16.2. The normalized spacial score (nSPS) is 17.4. The zero-order chi connectivity index (χ0) is 14.3. The van der Waals surface area contributed by atoms with E-state index < -0.39 is 5.97 Å². The van der Waals surface area contributed by atoms with Crippen molar-refractivity contribution in [2.45, 2.75) is 26.3 Å². The summed E-state index contributed by atoms with van der Waals surface area (Å²) in [6.07, 6.45) is 0.860. The molecule has 0 saturated heterocycles. The van der Waals surface area contributed by atoms with Crippen LogP contribution in [0.2, 0.25) is 0 Å². The minimum absolute atomic E-state index is 0.0347. The van der Waals surface area contributed by atoms with Gasteiger partial charge in [0.15, 0.2) is 0 Å². The lowest BCUT2D eigenvalue weighted by Crippen LogP contribution is -2.25. The van der Waals surface area contributed by atoms with Gasteiger partial charge in [0.2, 0.25) is 5.95 Å². The zero-order valence-electron chi connectivity index (χ0n) is 11.4. The lowest BCUT2D eigenvalue weighted by atomic mass is 9.96. The molecule has 0 aliphatic carbocycles. The van der Waals surface area contributed by atoms with Crippen molar-refractivity contribution in [2.75, 3.05) is 11.9 Å². The Morgan fingerprint density at radius 1 is 1.45 bits per heavy atom. The number of aromatic carboxylic acids is 1. The van der Waals surface area contributed by atoms with Gasteiger partial charge < -0.3 is 10.4 Å². The standard InChI is InChI=1S/C14H16N4O2/c1-8-3-4-10(9(2)7-8)11-5-6-15-14-16-12(13(19)20)17-18(11)14/h3-4,7,11H,5-6H2,1-2H3,(H,19,20)(H,15,16,17). The Kier molecular flexibility index (Phi) is 2.93. The number of carboxylic acids is 1. The fraction of sp³-hybridized carbons (Fsp3) is 0.357. The fourth-order valence-corrected chi connectivity index (χ4v) is 2.68. The third-order valence-electron chi connectivity index (χ3n) is 3.60. The van der Waals surface area contributed by atoms with Gasteiger partial charge in [0.05, 0.1) is 6.04 Å². The van der Waals surface area contributed by atoms with Crippen molar-refractivity contribution in [3.8, 4) is 0 Å². The quantitative estimate of drug-likeness (QED) is 0.874. The molecule has 1 aliphatic rings. The van der Waals surface area contributed by atoms with E-state index in [1.165, 1.54) is 16.7 Å². The Morgan fingerprint density at radius 2 is 2.25 bits per heavy atom. The predicted octanol–water partition coefficient (Wildman–Crippen LogP) is 2.00. The average Bonchev–Trinajstić information content (AvgIpc) is 2.83. The largest absolute Gasteiger partial charge is 0.475 e. The van der Waals surface area contributed by atoms with Crippen molar-refractivity contribution >= 4 is 11.9 Å². The molecule has 2 heterocycles. The van der Waals surface area contributed by atoms with E-state index in [1.54, 1.807) is 4.68 Å². The smallest absolute Gasteiger partial charge is 0.375 e. The first-order valence-electron chi connectivity index (χ1n) is 6.57. The highest BCUT2D eigenvalue weighted by atomic mass is 16.4. The molecule has 104 valence electrons. The van der Waals surface area contributed by atoms with Crippen LogP contribution in [0, 0.1) is 13.8 Å². The molecule has 2 N–H and O–H groups in total. The van der Waals surface area contributed by atoms with Gasteiger partial charge >= 0.3 is 5.97 Å². The molecule has 2 aromatic rings. The molecule has 1 aromatic carbocycles. The molecule has 0 saturated carbocycles. The summed E-state index contributed by atoms with van der Waals surface area (Å²) < 4.78 is 1.69. The summed E-state index contributed by atoms with van der Waals surface area (Å²) in [5.41, 5.74) is 3.57. The molecule has 0 spiro atoms. The molecular formula is C14H16N4O2. The Morgan fingerprint density at radius 3 is 2.95 bits per heavy atom. The van der Waals surface area contributed by atoms with Crippen LogP contribution < -0.4 is 5.32 Å². The molecule has 0 amide bonds. The van der Waals surface area contributed by atoms with Crippen LogP contribution in [0.4, 0.5) is 5.95 Å². The average molecular weight is 272 g/mol. The maximum atomic E-state index is 11.0. The minimum atomic E-state index is -1.10. The van der Waals surface area contributed by atoms with Crippen LogP contribution in [-0.2, 0) is 0 Å². The number of carbonyl (C=O) groups is 1. The van der Waals surface area contributed by atoms with E-state index >= 15 is 0 Å². The van der Waals surface area contributed by atoms with Gasteiger partial charge in [-0.25, -0.2) is 9.48 Å². The summed E-state index contributed by atoms with van der Waals surface area (Å²) in [5.74, 6) is -0.740. The van der Waals surface area contributed by atoms with Crippen LogP contribution in [0.5, 0.6) is 0 Å². The molecular weight excluding hydrogens is 256 g/mol. The summed E-state index contributed by atoms with van der Waals surface area (Å²) >= 11 is 0. The van der Waals surface area contributed by atoms with Gasteiger partial charge in [-0.05, 0) is 31.4 Å². The predicted molar refractivity (Wildman–Crippen MR) is 74.1 cm³/mol. The molecule has 3 rings (SSSR count). The van der Waals surface area contributed by atoms with E-state index in [0.29, 0.717) is 5.95 Å². The van der Waals surface area contributed by atoms with Gasteiger partial charge in [-0.2, -0.15) is 4.98 Å². The number of rotatable bonds is 2. The number of carboxylic acid groups (broad SMARTS) is 1. The Bertz CT molecular complexity index is 678. The molecule has 0 fully saturated rings. The van der Waals surface area contributed by atoms with Gasteiger partial charge in [0, 0.05) is 6.54 Å². The second kappa shape index (κ2) is 4.63. The first kappa shape index (κ1) is 12.7. The Balaban J connectivity index is 2.07. The Hall–Kier alpha value is -2.37. The second-order valence-electron chi connectivity index (χ2n) is 5.10. The van der Waals surface area contributed by atoms with Crippen LogP contribution in [0.15, 0.2) is 18.2 Å². The molecule has 6 nitrogen and oxygen atoms in total. The van der Waals surface area contributed by atoms with Crippen LogP contribution in [0.25, 0.3) is 0 Å². The third kappa shape index (κ3) is 2.03. The van der Waals surface area contributed by atoms with Crippen LogP contribution in [-0.4, -0.2) is 32.4 Å². The number of hydrogen-bond donors (Lipinski definition) is 2. The first-order chi connectivity index (χ1) is 9.56. The highest BCUT2D eigenvalue weighted by Crippen LogP contribution is 2.30. The van der Waals surface area contributed by atoms with Gasteiger partial charge in [-0.15, -0.1) is 5.10 Å². The second-order valence-corrected chi connectivity index (χ2v) is 5.10. The van der Waals surface area contributed by atoms with Crippen molar-refractivity contribution in [3.05, 3.63) is 40.7 Å². The van der Waals surface area contributed by atoms with E-state index in [1.807, 2.05) is 0 Å². The number of anilines is 1. The summed E-state index contributed by atoms with van der Waals surface area (Å²) in [4.78, 5) is 15.0. The van der Waals surface area contributed by atoms with Gasteiger partial charge in [-0.3, -0.25) is 0 Å². The maximum Gasteiger partial charge on any atom is 0.375 e. The molecule has 0 radical (unpaired) electrons. The minimum Gasteiger partial charge on any atom is -0.475 e. The van der Waals surface area contributed by atoms with Gasteiger partial charge in [-0.1, -0.05) is 23.8 Å². The zero-order valence-corrected chi connectivity index (χ0v) is 11.4. The number of fused-ring (bicyclic) bond motifs is 1. The lowest BCUT2D eigenvalue weighted by Gasteiger charge is -2.26. The first-order valence-corrected chi connectivity index (χ1v) is 6.57. The third-order valence-corrected chi connectivity index (χ3v) is 3.60. The number of nitrogens with zero attached hydrogens (tertiary/aromatic N) is 3. The summed E-state index contributed by atoms with van der Waals surface area (Å²) in [6.45, 7) is 4.89. The maximum absolute atomic E-state index is 11.0. The molecule has 1 aliphatic heterocycles. The van der Waals surface area contributed by atoms with E-state index in [-0.39, 0.29) is 11.9 Å². The van der Waals surface area contributed by atoms with E-state index in [0.717, 1.165) is 13.0 Å². The highest BCUT2D eigenvalue weighted by Gasteiger charge is 2.27. The van der Waals surface area contributed by atoms with Gasteiger partial charge in [0.1, 0.15) is 0 Å². The fourth-order valence-electron chi connectivity index (χ4n) is 2.68. The summed E-state index contributed by atoms with van der Waals surface area (Å²) in [6, 6.07) is 6.32. The number of aromatic nitrogens is 3. The van der Waals surface area contributed by atoms with Crippen molar-refractivity contribution in [1.29, 1.82) is 0 Å². The van der Waals surface area contributed by atoms with Crippen molar-refractivity contribution in [2.24, 2.45) is 0 Å². The lowest BCUT2D eigenvalue weighted by molar-refractivity contribution is 0.0683.